The molecule has 0 aliphatic carbocycles. The van der Waals surface area contributed by atoms with Crippen molar-refractivity contribution in [2.75, 3.05) is 32.6 Å². The Balaban J connectivity index is 1.52. The Hall–Kier alpha value is -3.86. The number of alkyl halides is 3. The van der Waals surface area contributed by atoms with Gasteiger partial charge in [0.1, 0.15) is 0 Å². The number of likely N-dealkylation sites (tertiary alicyclic amines) is 1. The first-order chi connectivity index (χ1) is 18.6. The van der Waals surface area contributed by atoms with Crippen LogP contribution in [0.3, 0.4) is 0 Å². The van der Waals surface area contributed by atoms with Gasteiger partial charge in [0.15, 0.2) is 11.4 Å². The topological polar surface area (TPSA) is 87.7 Å². The van der Waals surface area contributed by atoms with Crippen molar-refractivity contribution in [2.24, 2.45) is 0 Å². The van der Waals surface area contributed by atoms with Crippen LogP contribution in [0, 0.1) is 0 Å². The predicted molar refractivity (Wildman–Crippen MR) is 139 cm³/mol. The molecule has 8 nitrogen and oxygen atoms in total. The third-order valence-electron chi connectivity index (χ3n) is 6.74. The van der Waals surface area contributed by atoms with Crippen molar-refractivity contribution in [1.29, 1.82) is 0 Å². The quantitative estimate of drug-likeness (QED) is 0.440. The number of pyridine rings is 2. The molecule has 1 aromatic carbocycles. The number of para-hydroxylation sites is 1. The van der Waals surface area contributed by atoms with Crippen LogP contribution >= 0.6 is 11.6 Å². The molecule has 2 aliphatic rings. The number of hydrogen-bond donors (Lipinski definition) is 1. The van der Waals surface area contributed by atoms with Gasteiger partial charge < -0.3 is 19.9 Å². The zero-order valence-corrected chi connectivity index (χ0v) is 22.0. The van der Waals surface area contributed by atoms with Crippen LogP contribution in [-0.4, -0.2) is 58.8 Å². The molecule has 204 valence electrons. The summed E-state index contributed by atoms with van der Waals surface area (Å²) in [5.74, 6) is -0.535. The van der Waals surface area contributed by atoms with Gasteiger partial charge in [-0.25, -0.2) is 4.98 Å². The average Bonchev–Trinajstić information content (AvgIpc) is 3.52. The molecule has 5 rings (SSSR count). The number of anilines is 2. The van der Waals surface area contributed by atoms with Crippen molar-refractivity contribution >= 4 is 34.8 Å². The zero-order valence-electron chi connectivity index (χ0n) is 21.2. The minimum absolute atomic E-state index is 0.0478. The van der Waals surface area contributed by atoms with Crippen LogP contribution < -0.4 is 10.1 Å². The number of halogens is 4. The van der Waals surface area contributed by atoms with E-state index in [1.807, 2.05) is 0 Å². The molecule has 0 spiro atoms. The summed E-state index contributed by atoms with van der Waals surface area (Å²) in [5.41, 5.74) is 0.596. The molecule has 2 amide bonds. The molecule has 2 aliphatic heterocycles. The second kappa shape index (κ2) is 10.4. The summed E-state index contributed by atoms with van der Waals surface area (Å²) < 4.78 is 47.3. The highest BCUT2D eigenvalue weighted by molar-refractivity contribution is 6.32. The van der Waals surface area contributed by atoms with E-state index in [2.05, 4.69) is 15.3 Å². The molecule has 0 atom stereocenters. The Morgan fingerprint density at radius 3 is 2.54 bits per heavy atom. The zero-order chi connectivity index (χ0) is 27.9. The number of nitrogens with zero attached hydrogens (tertiary/aromatic N) is 4. The van der Waals surface area contributed by atoms with Gasteiger partial charge in [-0.3, -0.25) is 14.6 Å². The highest BCUT2D eigenvalue weighted by atomic mass is 35.5. The van der Waals surface area contributed by atoms with Crippen molar-refractivity contribution in [3.8, 4) is 5.75 Å². The highest BCUT2D eigenvalue weighted by Crippen LogP contribution is 2.38. The Bertz CT molecular complexity index is 1460. The summed E-state index contributed by atoms with van der Waals surface area (Å²) in [6, 6.07) is 9.32. The summed E-state index contributed by atoms with van der Waals surface area (Å²) in [7, 11) is 3.11. The summed E-state index contributed by atoms with van der Waals surface area (Å²) in [5, 5.41) is 3.55. The van der Waals surface area contributed by atoms with Crippen LogP contribution in [0.1, 0.15) is 56.3 Å². The molecule has 2 aromatic heterocycles. The second-order valence-electron chi connectivity index (χ2n) is 9.46. The molecule has 12 heteroatoms. The highest BCUT2D eigenvalue weighted by Gasteiger charge is 2.39. The molecule has 0 unspecified atom stereocenters. The number of fused-ring (bicyclic) bond motifs is 1. The van der Waals surface area contributed by atoms with Crippen LogP contribution in [0.4, 0.5) is 24.5 Å². The largest absolute Gasteiger partial charge is 0.493 e. The van der Waals surface area contributed by atoms with Crippen LogP contribution in [0.15, 0.2) is 36.4 Å². The third kappa shape index (κ3) is 5.23. The molecule has 39 heavy (non-hydrogen) atoms. The van der Waals surface area contributed by atoms with E-state index < -0.39 is 23.3 Å². The number of aromatic nitrogens is 2. The van der Waals surface area contributed by atoms with Gasteiger partial charge in [0.25, 0.3) is 11.8 Å². The Labute approximate surface area is 227 Å². The monoisotopic (exact) mass is 559 g/mol. The van der Waals surface area contributed by atoms with Gasteiger partial charge in [-0.05, 0) is 43.2 Å². The molecule has 0 saturated carbocycles. The molecular weight excluding hydrogens is 535 g/mol. The van der Waals surface area contributed by atoms with Gasteiger partial charge in [-0.2, -0.15) is 13.2 Å². The second-order valence-corrected chi connectivity index (χ2v) is 9.87. The van der Waals surface area contributed by atoms with Gasteiger partial charge in [-0.1, -0.05) is 17.7 Å². The van der Waals surface area contributed by atoms with Crippen molar-refractivity contribution in [2.45, 2.75) is 32.0 Å². The molecule has 1 saturated heterocycles. The fourth-order valence-electron chi connectivity index (χ4n) is 4.91. The fourth-order valence-corrected chi connectivity index (χ4v) is 5.16. The van der Waals surface area contributed by atoms with Crippen molar-refractivity contribution in [3.05, 3.63) is 75.3 Å². The minimum atomic E-state index is -4.81. The molecule has 0 radical (unpaired) electrons. The molecule has 3 aromatic rings. The lowest BCUT2D eigenvalue weighted by Crippen LogP contribution is -2.30. The van der Waals surface area contributed by atoms with E-state index in [0.29, 0.717) is 52.2 Å². The molecule has 1 fully saturated rings. The van der Waals surface area contributed by atoms with Crippen LogP contribution in [0.5, 0.6) is 5.75 Å². The maximum absolute atomic E-state index is 14.0. The van der Waals surface area contributed by atoms with Gasteiger partial charge in [0, 0.05) is 37.9 Å². The fraction of sp³-hybridized carbons (Fsp3) is 0.333. The van der Waals surface area contributed by atoms with Crippen molar-refractivity contribution in [1.82, 2.24) is 19.8 Å². The predicted octanol–water partition coefficient (Wildman–Crippen LogP) is 5.31. The van der Waals surface area contributed by atoms with Crippen LogP contribution in [-0.2, 0) is 19.1 Å². The summed E-state index contributed by atoms with van der Waals surface area (Å²) in [6.45, 7) is 1.10. The minimum Gasteiger partial charge on any atom is -0.493 e. The smallest absolute Gasteiger partial charge is 0.434 e. The first-order valence-corrected chi connectivity index (χ1v) is 12.7. The van der Waals surface area contributed by atoms with Gasteiger partial charge >= 0.3 is 6.18 Å². The SMILES string of the molecule is COc1c(Cl)cccc1Nc1cc(Cc2ccc(C(=O)N3CCCC3)c(C(F)(F)F)n2)nc2c1C(=O)N(C)C2. The van der Waals surface area contributed by atoms with E-state index in [9.17, 15) is 22.8 Å². The Kier molecular flexibility index (Phi) is 7.11. The summed E-state index contributed by atoms with van der Waals surface area (Å²) >= 11 is 6.25. The van der Waals surface area contributed by atoms with E-state index in [4.69, 9.17) is 16.3 Å². The van der Waals surface area contributed by atoms with E-state index in [1.54, 1.807) is 31.3 Å². The van der Waals surface area contributed by atoms with E-state index >= 15 is 0 Å². The van der Waals surface area contributed by atoms with Crippen LogP contribution in [0.2, 0.25) is 5.02 Å². The number of ether oxygens (including phenoxy) is 1. The standard InChI is InChI=1S/C27H25ClF3N5O3/c1-35-14-21-22(26(35)38)20(34-19-7-5-6-18(28)23(19)39-2)13-16(32-21)12-15-8-9-17(24(33-15)27(29,30)31)25(37)36-10-3-4-11-36/h5-9,13H,3-4,10-12,14H2,1-2H3,(H,32,34). The van der Waals surface area contributed by atoms with Crippen molar-refractivity contribution in [3.63, 3.8) is 0 Å². The number of carbonyl (C=O) groups excluding carboxylic acids is 2. The average molecular weight is 560 g/mol. The Morgan fingerprint density at radius 1 is 1.10 bits per heavy atom. The van der Waals surface area contributed by atoms with E-state index in [0.717, 1.165) is 12.8 Å². The number of carbonyl (C=O) groups is 2. The van der Waals surface area contributed by atoms with Gasteiger partial charge in [0.05, 0.1) is 46.9 Å². The normalized spacial score (nSPS) is 15.1. The summed E-state index contributed by atoms with van der Waals surface area (Å²) in [4.78, 5) is 37.0. The lowest BCUT2D eigenvalue weighted by Gasteiger charge is -2.19. The first-order valence-electron chi connectivity index (χ1n) is 12.3. The molecule has 1 N–H and O–H groups in total. The maximum atomic E-state index is 14.0. The number of amides is 2. The molecule has 4 heterocycles. The van der Waals surface area contributed by atoms with Gasteiger partial charge in [0.2, 0.25) is 0 Å². The number of nitrogens with one attached hydrogen (secondary N) is 1. The van der Waals surface area contributed by atoms with E-state index in [1.165, 1.54) is 29.0 Å². The molecular formula is C27H25ClF3N5O3. The maximum Gasteiger partial charge on any atom is 0.434 e. The number of hydrogen-bond acceptors (Lipinski definition) is 6. The third-order valence-corrected chi connectivity index (χ3v) is 7.04. The van der Waals surface area contributed by atoms with E-state index in [-0.39, 0.29) is 24.6 Å². The van der Waals surface area contributed by atoms with Gasteiger partial charge in [-0.15, -0.1) is 0 Å². The lowest BCUT2D eigenvalue weighted by atomic mass is 10.1. The Morgan fingerprint density at radius 2 is 1.85 bits per heavy atom. The molecule has 0 bridgehead atoms. The summed E-state index contributed by atoms with van der Waals surface area (Å²) in [6.07, 6.45) is -3.33. The first kappa shape index (κ1) is 26.7. The van der Waals surface area contributed by atoms with Crippen LogP contribution in [0.25, 0.3) is 0 Å². The van der Waals surface area contributed by atoms with Crippen molar-refractivity contribution < 1.29 is 27.5 Å². The number of benzene rings is 1. The number of methoxy groups -OCH3 is 1. The number of rotatable bonds is 6. The lowest BCUT2D eigenvalue weighted by molar-refractivity contribution is -0.141.